The lowest BCUT2D eigenvalue weighted by molar-refractivity contribution is 0.295. The first kappa shape index (κ1) is 17.5. The smallest absolute Gasteiger partial charge is 0.119 e. The molecule has 1 aromatic rings. The molecule has 3 nitrogen and oxygen atoms in total. The van der Waals surface area contributed by atoms with E-state index in [0.29, 0.717) is 6.61 Å². The van der Waals surface area contributed by atoms with Gasteiger partial charge in [-0.15, -0.1) is 0 Å². The highest BCUT2D eigenvalue weighted by Gasteiger charge is 2.21. The molecule has 0 aromatic heterocycles. The Morgan fingerprint density at radius 1 is 1.24 bits per heavy atom. The van der Waals surface area contributed by atoms with Gasteiger partial charge in [0.05, 0.1) is 12.7 Å². The summed E-state index contributed by atoms with van der Waals surface area (Å²) < 4.78 is 5.77. The van der Waals surface area contributed by atoms with Gasteiger partial charge in [-0.2, -0.15) is 5.26 Å². The van der Waals surface area contributed by atoms with Crippen LogP contribution in [0.2, 0.25) is 0 Å². The van der Waals surface area contributed by atoms with Crippen molar-refractivity contribution in [2.45, 2.75) is 58.9 Å². The number of unbranched alkanes of at least 4 members (excludes halogenated alkanes) is 1. The summed E-state index contributed by atoms with van der Waals surface area (Å²) in [5.74, 6) is 0.935. The second-order valence-corrected chi connectivity index (χ2v) is 5.92. The fourth-order valence-corrected chi connectivity index (χ4v) is 2.16. The molecule has 0 saturated heterocycles. The molecule has 1 rings (SSSR count). The van der Waals surface area contributed by atoms with Crippen LogP contribution in [0.1, 0.15) is 50.7 Å². The Balaban J connectivity index is 2.27. The highest BCUT2D eigenvalue weighted by atomic mass is 16.5. The molecule has 1 atom stereocenters. The van der Waals surface area contributed by atoms with Gasteiger partial charge in [-0.1, -0.05) is 13.0 Å². The van der Waals surface area contributed by atoms with E-state index in [2.05, 4.69) is 44.3 Å². The van der Waals surface area contributed by atoms with Gasteiger partial charge in [0.15, 0.2) is 0 Å². The summed E-state index contributed by atoms with van der Waals surface area (Å²) in [5, 5.41) is 12.6. The Bertz CT molecular complexity index is 479. The Hall–Kier alpha value is -1.53. The molecule has 21 heavy (non-hydrogen) atoms. The van der Waals surface area contributed by atoms with Gasteiger partial charge in [0, 0.05) is 0 Å². The van der Waals surface area contributed by atoms with Crippen LogP contribution in [0, 0.1) is 25.2 Å². The van der Waals surface area contributed by atoms with Crippen LogP contribution in [0.25, 0.3) is 0 Å². The third-order valence-corrected chi connectivity index (χ3v) is 3.83. The quantitative estimate of drug-likeness (QED) is 0.695. The van der Waals surface area contributed by atoms with E-state index in [1.165, 1.54) is 11.1 Å². The number of ether oxygens (including phenoxy) is 1. The predicted octanol–water partition coefficient (Wildman–Crippen LogP) is 4.13. The zero-order chi connectivity index (χ0) is 15.7. The van der Waals surface area contributed by atoms with Gasteiger partial charge in [-0.25, -0.2) is 0 Å². The van der Waals surface area contributed by atoms with Gasteiger partial charge in [-0.3, -0.25) is 5.32 Å². The standard InChI is InChI=1S/C18H28N2O/c1-5-11-20-18(4,14-19)10-6-7-12-21-17-9-8-15(2)16(3)13-17/h8-9,13,20H,5-7,10-12H2,1-4H3. The first-order chi connectivity index (χ1) is 10.0. The summed E-state index contributed by atoms with van der Waals surface area (Å²) >= 11 is 0. The largest absolute Gasteiger partial charge is 0.494 e. The van der Waals surface area contributed by atoms with E-state index in [4.69, 9.17) is 4.74 Å². The highest BCUT2D eigenvalue weighted by molar-refractivity contribution is 5.33. The Morgan fingerprint density at radius 2 is 2.00 bits per heavy atom. The molecule has 0 saturated carbocycles. The van der Waals surface area contributed by atoms with Crippen LogP contribution < -0.4 is 10.1 Å². The first-order valence-electron chi connectivity index (χ1n) is 7.87. The van der Waals surface area contributed by atoms with Crippen LogP contribution in [0.4, 0.5) is 0 Å². The lowest BCUT2D eigenvalue weighted by Crippen LogP contribution is -2.41. The van der Waals surface area contributed by atoms with Crippen molar-refractivity contribution in [2.75, 3.05) is 13.2 Å². The van der Waals surface area contributed by atoms with E-state index < -0.39 is 5.54 Å². The predicted molar refractivity (Wildman–Crippen MR) is 87.6 cm³/mol. The second-order valence-electron chi connectivity index (χ2n) is 5.92. The van der Waals surface area contributed by atoms with E-state index in [-0.39, 0.29) is 0 Å². The molecule has 0 spiro atoms. The minimum absolute atomic E-state index is 0.406. The molecule has 0 aliphatic carbocycles. The average Bonchev–Trinajstić information content (AvgIpc) is 2.48. The molecule has 0 fully saturated rings. The van der Waals surface area contributed by atoms with Gasteiger partial charge in [0.1, 0.15) is 11.3 Å². The fourth-order valence-electron chi connectivity index (χ4n) is 2.16. The number of aryl methyl sites for hydroxylation is 2. The van der Waals surface area contributed by atoms with Gasteiger partial charge < -0.3 is 4.74 Å². The maximum absolute atomic E-state index is 9.26. The van der Waals surface area contributed by atoms with Crippen LogP contribution in [0.5, 0.6) is 5.75 Å². The average molecular weight is 288 g/mol. The summed E-state index contributed by atoms with van der Waals surface area (Å²) in [7, 11) is 0. The Kier molecular flexibility index (Phi) is 7.25. The lowest BCUT2D eigenvalue weighted by Gasteiger charge is -2.23. The van der Waals surface area contributed by atoms with Gasteiger partial charge in [0.2, 0.25) is 0 Å². The summed E-state index contributed by atoms with van der Waals surface area (Å²) in [6, 6.07) is 8.57. The Labute approximate surface area is 129 Å². The number of rotatable bonds is 9. The number of nitriles is 1. The molecule has 0 aliphatic heterocycles. The SMILES string of the molecule is CCCNC(C)(C#N)CCCCOc1ccc(C)c(C)c1. The number of hydrogen-bond donors (Lipinski definition) is 1. The topological polar surface area (TPSA) is 45.0 Å². The van der Waals surface area contributed by atoms with E-state index in [9.17, 15) is 5.26 Å². The molecular formula is C18H28N2O. The monoisotopic (exact) mass is 288 g/mol. The summed E-state index contributed by atoms with van der Waals surface area (Å²) in [5.41, 5.74) is 2.14. The normalized spacial score (nSPS) is 13.5. The number of benzene rings is 1. The van der Waals surface area contributed by atoms with Crippen LogP contribution in [0.15, 0.2) is 18.2 Å². The molecule has 0 heterocycles. The van der Waals surface area contributed by atoms with Gasteiger partial charge in [-0.05, 0) is 76.3 Å². The van der Waals surface area contributed by atoms with Crippen molar-refractivity contribution in [3.8, 4) is 11.8 Å². The summed E-state index contributed by atoms with van der Waals surface area (Å²) in [6.07, 6.45) is 3.87. The summed E-state index contributed by atoms with van der Waals surface area (Å²) in [4.78, 5) is 0. The Morgan fingerprint density at radius 3 is 2.62 bits per heavy atom. The number of nitrogens with one attached hydrogen (secondary N) is 1. The minimum atomic E-state index is -0.406. The third-order valence-electron chi connectivity index (χ3n) is 3.83. The molecule has 0 aliphatic rings. The van der Waals surface area contributed by atoms with Crippen molar-refractivity contribution < 1.29 is 4.74 Å². The molecule has 1 unspecified atom stereocenters. The van der Waals surface area contributed by atoms with Crippen molar-refractivity contribution in [3.63, 3.8) is 0 Å². The van der Waals surface area contributed by atoms with Crippen molar-refractivity contribution in [1.29, 1.82) is 5.26 Å². The number of nitrogens with zero attached hydrogens (tertiary/aromatic N) is 1. The van der Waals surface area contributed by atoms with E-state index in [0.717, 1.165) is 38.0 Å². The molecule has 0 radical (unpaired) electrons. The second kappa shape index (κ2) is 8.69. The zero-order valence-electron chi connectivity index (χ0n) is 13.8. The first-order valence-corrected chi connectivity index (χ1v) is 7.87. The zero-order valence-corrected chi connectivity index (χ0v) is 13.8. The molecule has 3 heteroatoms. The van der Waals surface area contributed by atoms with Crippen LogP contribution in [-0.4, -0.2) is 18.7 Å². The molecular weight excluding hydrogens is 260 g/mol. The van der Waals surface area contributed by atoms with E-state index >= 15 is 0 Å². The van der Waals surface area contributed by atoms with Gasteiger partial charge in [0.25, 0.3) is 0 Å². The third kappa shape index (κ3) is 6.18. The molecule has 116 valence electrons. The molecule has 0 bridgehead atoms. The molecule has 1 aromatic carbocycles. The maximum Gasteiger partial charge on any atom is 0.119 e. The van der Waals surface area contributed by atoms with E-state index in [1.54, 1.807) is 0 Å². The minimum Gasteiger partial charge on any atom is -0.494 e. The van der Waals surface area contributed by atoms with Crippen molar-refractivity contribution >= 4 is 0 Å². The fraction of sp³-hybridized carbons (Fsp3) is 0.611. The van der Waals surface area contributed by atoms with Gasteiger partial charge >= 0.3 is 0 Å². The maximum atomic E-state index is 9.26. The van der Waals surface area contributed by atoms with Crippen LogP contribution >= 0.6 is 0 Å². The number of hydrogen-bond acceptors (Lipinski definition) is 3. The lowest BCUT2D eigenvalue weighted by atomic mass is 9.96. The molecule has 1 N–H and O–H groups in total. The van der Waals surface area contributed by atoms with Crippen molar-refractivity contribution in [2.24, 2.45) is 0 Å². The van der Waals surface area contributed by atoms with Crippen LogP contribution in [-0.2, 0) is 0 Å². The highest BCUT2D eigenvalue weighted by Crippen LogP contribution is 2.17. The van der Waals surface area contributed by atoms with Crippen molar-refractivity contribution in [3.05, 3.63) is 29.3 Å². The molecule has 0 amide bonds. The van der Waals surface area contributed by atoms with E-state index in [1.807, 2.05) is 13.0 Å². The van der Waals surface area contributed by atoms with Crippen molar-refractivity contribution in [1.82, 2.24) is 5.32 Å². The summed E-state index contributed by atoms with van der Waals surface area (Å²) in [6.45, 7) is 9.89. The van der Waals surface area contributed by atoms with Crippen LogP contribution in [0.3, 0.4) is 0 Å².